The molecule has 0 spiro atoms. The summed E-state index contributed by atoms with van der Waals surface area (Å²) < 4.78 is 5.71. The van der Waals surface area contributed by atoms with Crippen molar-refractivity contribution in [3.63, 3.8) is 0 Å². The Balaban J connectivity index is 0.00000338. The van der Waals surface area contributed by atoms with Gasteiger partial charge in [0.25, 0.3) is 0 Å². The smallest absolute Gasteiger partial charge is 0.221 e. The zero-order valence-corrected chi connectivity index (χ0v) is 18.3. The molecule has 26 heavy (non-hydrogen) atoms. The Morgan fingerprint density at radius 1 is 1.38 bits per heavy atom. The van der Waals surface area contributed by atoms with Crippen LogP contribution < -0.4 is 10.6 Å². The van der Waals surface area contributed by atoms with Crippen LogP contribution in [-0.4, -0.2) is 50.1 Å². The molecule has 1 aromatic carbocycles. The molecule has 0 saturated heterocycles. The zero-order valence-electron chi connectivity index (χ0n) is 16.0. The van der Waals surface area contributed by atoms with E-state index in [1.165, 1.54) is 19.8 Å². The molecule has 0 aliphatic heterocycles. The fourth-order valence-corrected chi connectivity index (χ4v) is 2.43. The molecule has 1 aromatic rings. The second kappa shape index (κ2) is 12.1. The predicted molar refractivity (Wildman–Crippen MR) is 117 cm³/mol. The first-order valence-electron chi connectivity index (χ1n) is 9.02. The molecule has 7 heteroatoms. The first-order valence-corrected chi connectivity index (χ1v) is 9.02. The van der Waals surface area contributed by atoms with Gasteiger partial charge < -0.3 is 20.3 Å². The van der Waals surface area contributed by atoms with Crippen molar-refractivity contribution in [2.24, 2.45) is 10.9 Å². The number of anilines is 1. The van der Waals surface area contributed by atoms with Gasteiger partial charge in [0, 0.05) is 39.4 Å². The van der Waals surface area contributed by atoms with E-state index >= 15 is 0 Å². The van der Waals surface area contributed by atoms with Crippen LogP contribution in [0.25, 0.3) is 0 Å². The largest absolute Gasteiger partial charge is 0.379 e. The molecule has 1 saturated carbocycles. The van der Waals surface area contributed by atoms with Crippen LogP contribution >= 0.6 is 24.0 Å². The topological polar surface area (TPSA) is 66.0 Å². The Morgan fingerprint density at radius 3 is 2.81 bits per heavy atom. The third kappa shape index (κ3) is 8.84. The molecule has 1 aliphatic carbocycles. The molecule has 1 amide bonds. The van der Waals surface area contributed by atoms with Crippen LogP contribution in [-0.2, 0) is 16.1 Å². The van der Waals surface area contributed by atoms with Gasteiger partial charge in [-0.2, -0.15) is 0 Å². The summed E-state index contributed by atoms with van der Waals surface area (Å²) in [6, 6.07) is 7.77. The van der Waals surface area contributed by atoms with E-state index in [0.717, 1.165) is 49.4 Å². The molecule has 0 bridgehead atoms. The Morgan fingerprint density at radius 2 is 2.15 bits per heavy atom. The van der Waals surface area contributed by atoms with Crippen molar-refractivity contribution >= 4 is 41.5 Å². The molecule has 146 valence electrons. The number of rotatable bonds is 9. The molecule has 0 heterocycles. The monoisotopic (exact) mass is 474 g/mol. The van der Waals surface area contributed by atoms with Gasteiger partial charge in [0.1, 0.15) is 0 Å². The van der Waals surface area contributed by atoms with Crippen molar-refractivity contribution in [3.8, 4) is 0 Å². The summed E-state index contributed by atoms with van der Waals surface area (Å²) in [5.74, 6) is 1.59. The van der Waals surface area contributed by atoms with Gasteiger partial charge in [-0.1, -0.05) is 12.1 Å². The third-order valence-electron chi connectivity index (χ3n) is 3.98. The van der Waals surface area contributed by atoms with E-state index < -0.39 is 0 Å². The lowest BCUT2D eigenvalue weighted by Gasteiger charge is -2.22. The van der Waals surface area contributed by atoms with Crippen LogP contribution in [0.4, 0.5) is 5.69 Å². The highest BCUT2D eigenvalue weighted by Gasteiger charge is 2.21. The average molecular weight is 474 g/mol. The molecule has 1 fully saturated rings. The van der Waals surface area contributed by atoms with Gasteiger partial charge in [-0.25, -0.2) is 4.99 Å². The number of carbonyl (C=O) groups is 1. The number of amides is 1. The quantitative estimate of drug-likeness (QED) is 0.250. The third-order valence-corrected chi connectivity index (χ3v) is 3.98. The number of guanidine groups is 1. The summed E-state index contributed by atoms with van der Waals surface area (Å²) in [6.07, 6.45) is 2.63. The van der Waals surface area contributed by atoms with Gasteiger partial charge in [-0.3, -0.25) is 4.79 Å². The molecule has 1 aliphatic rings. The molecule has 0 atom stereocenters. The normalized spacial score (nSPS) is 13.7. The summed E-state index contributed by atoms with van der Waals surface area (Å²) in [6.45, 7) is 7.36. The molecule has 6 nitrogen and oxygen atoms in total. The number of ether oxygens (including phenoxy) is 1. The molecule has 0 unspecified atom stereocenters. The summed E-state index contributed by atoms with van der Waals surface area (Å²) in [7, 11) is 2.02. The van der Waals surface area contributed by atoms with Crippen LogP contribution in [0.15, 0.2) is 29.3 Å². The summed E-state index contributed by atoms with van der Waals surface area (Å²) in [5, 5.41) is 6.11. The minimum atomic E-state index is -0.0695. The first-order chi connectivity index (χ1) is 12.1. The standard InChI is InChI=1S/C19H30N4O2.HI/c1-4-20-19(23(3)10-11-25-14-16-8-9-16)21-13-17-6-5-7-18(12-17)22-15(2)24;/h5-7,12,16H,4,8-11,13-14H2,1-3H3,(H,20,21)(H,22,24);1H. The molecular weight excluding hydrogens is 443 g/mol. The Labute approximate surface area is 173 Å². The van der Waals surface area contributed by atoms with Crippen molar-refractivity contribution in [3.05, 3.63) is 29.8 Å². The van der Waals surface area contributed by atoms with E-state index in [0.29, 0.717) is 6.54 Å². The minimum Gasteiger partial charge on any atom is -0.379 e. The first kappa shape index (κ1) is 22.7. The van der Waals surface area contributed by atoms with Gasteiger partial charge in [-0.05, 0) is 43.4 Å². The highest BCUT2D eigenvalue weighted by Crippen LogP contribution is 2.28. The lowest BCUT2D eigenvalue weighted by Crippen LogP contribution is -2.40. The summed E-state index contributed by atoms with van der Waals surface area (Å²) in [5.41, 5.74) is 1.85. The summed E-state index contributed by atoms with van der Waals surface area (Å²) in [4.78, 5) is 18.0. The number of aliphatic imine (C=N–C) groups is 1. The lowest BCUT2D eigenvalue weighted by molar-refractivity contribution is -0.114. The Hall–Kier alpha value is -1.35. The highest BCUT2D eigenvalue weighted by atomic mass is 127. The van der Waals surface area contributed by atoms with Crippen LogP contribution in [0.3, 0.4) is 0 Å². The number of benzene rings is 1. The number of hydrogen-bond acceptors (Lipinski definition) is 3. The number of carbonyl (C=O) groups excluding carboxylic acids is 1. The van der Waals surface area contributed by atoms with E-state index in [-0.39, 0.29) is 29.9 Å². The second-order valence-electron chi connectivity index (χ2n) is 6.49. The number of likely N-dealkylation sites (N-methyl/N-ethyl adjacent to an activating group) is 1. The number of nitrogens with one attached hydrogen (secondary N) is 2. The van der Waals surface area contributed by atoms with Crippen molar-refractivity contribution < 1.29 is 9.53 Å². The Kier molecular flexibility index (Phi) is 10.6. The summed E-state index contributed by atoms with van der Waals surface area (Å²) >= 11 is 0. The van der Waals surface area contributed by atoms with Crippen LogP contribution in [0.5, 0.6) is 0 Å². The molecule has 0 radical (unpaired) electrons. The lowest BCUT2D eigenvalue weighted by atomic mass is 10.2. The van der Waals surface area contributed by atoms with Crippen molar-refractivity contribution in [1.29, 1.82) is 0 Å². The van der Waals surface area contributed by atoms with Crippen molar-refractivity contribution in [2.75, 3.05) is 38.7 Å². The fourth-order valence-electron chi connectivity index (χ4n) is 2.43. The average Bonchev–Trinajstić information content (AvgIpc) is 3.39. The van der Waals surface area contributed by atoms with Crippen molar-refractivity contribution in [1.82, 2.24) is 10.2 Å². The Bertz CT molecular complexity index is 591. The second-order valence-corrected chi connectivity index (χ2v) is 6.49. The van der Waals surface area contributed by atoms with Gasteiger partial charge in [-0.15, -0.1) is 24.0 Å². The molecule has 0 aromatic heterocycles. The van der Waals surface area contributed by atoms with E-state index in [1.54, 1.807) is 0 Å². The van der Waals surface area contributed by atoms with E-state index in [1.807, 2.05) is 31.3 Å². The minimum absolute atomic E-state index is 0. The van der Waals surface area contributed by atoms with Gasteiger partial charge in [0.05, 0.1) is 13.2 Å². The van der Waals surface area contributed by atoms with Gasteiger partial charge in [0.2, 0.25) is 5.91 Å². The van der Waals surface area contributed by atoms with Crippen LogP contribution in [0, 0.1) is 5.92 Å². The van der Waals surface area contributed by atoms with E-state index in [2.05, 4.69) is 22.5 Å². The number of hydrogen-bond donors (Lipinski definition) is 2. The number of halogens is 1. The van der Waals surface area contributed by atoms with Gasteiger partial charge >= 0.3 is 0 Å². The molecule has 2 N–H and O–H groups in total. The maximum atomic E-state index is 11.2. The van der Waals surface area contributed by atoms with Crippen molar-refractivity contribution in [2.45, 2.75) is 33.2 Å². The fraction of sp³-hybridized carbons (Fsp3) is 0.579. The number of nitrogens with zero attached hydrogens (tertiary/aromatic N) is 2. The molecule has 2 rings (SSSR count). The highest BCUT2D eigenvalue weighted by molar-refractivity contribution is 14.0. The maximum absolute atomic E-state index is 11.2. The van der Waals surface area contributed by atoms with E-state index in [9.17, 15) is 4.79 Å². The van der Waals surface area contributed by atoms with Crippen LogP contribution in [0.1, 0.15) is 32.3 Å². The SMILES string of the molecule is CCNC(=NCc1cccc(NC(C)=O)c1)N(C)CCOCC1CC1.I. The molecular formula is C19H31IN4O2. The van der Waals surface area contributed by atoms with E-state index in [4.69, 9.17) is 9.73 Å². The van der Waals surface area contributed by atoms with Crippen LogP contribution in [0.2, 0.25) is 0 Å². The maximum Gasteiger partial charge on any atom is 0.221 e. The zero-order chi connectivity index (χ0) is 18.1. The predicted octanol–water partition coefficient (Wildman–Crippen LogP) is 3.09. The van der Waals surface area contributed by atoms with Gasteiger partial charge in [0.15, 0.2) is 5.96 Å².